The van der Waals surface area contributed by atoms with E-state index in [1.54, 1.807) is 25.6 Å². The normalized spacial score (nSPS) is 10.9. The highest BCUT2D eigenvalue weighted by Crippen LogP contribution is 2.40. The fourth-order valence-corrected chi connectivity index (χ4v) is 3.25. The zero-order valence-electron chi connectivity index (χ0n) is 13.2. The zero-order chi connectivity index (χ0) is 16.1. The van der Waals surface area contributed by atoms with E-state index in [1.165, 1.54) is 4.88 Å². The lowest BCUT2D eigenvalue weighted by atomic mass is 10.0. The third-order valence-electron chi connectivity index (χ3n) is 3.58. The quantitative estimate of drug-likeness (QED) is 0.569. The van der Waals surface area contributed by atoms with Crippen LogP contribution in [0.3, 0.4) is 0 Å². The molecular weight excluding hydrogens is 304 g/mol. The highest BCUT2D eigenvalue weighted by Gasteiger charge is 2.13. The Hall–Kier alpha value is -2.52. The molecule has 2 nitrogen and oxygen atoms in total. The molecule has 0 spiro atoms. The van der Waals surface area contributed by atoms with Gasteiger partial charge in [-0.05, 0) is 28.6 Å². The van der Waals surface area contributed by atoms with Gasteiger partial charge in [0, 0.05) is 16.5 Å². The van der Waals surface area contributed by atoms with E-state index in [1.807, 2.05) is 36.4 Å². The van der Waals surface area contributed by atoms with Crippen LogP contribution in [0, 0.1) is 0 Å². The SMILES string of the molecule is COc1cc(C=Cc2ccccc2)c(-c2cccs2)c(OC)c1. The summed E-state index contributed by atoms with van der Waals surface area (Å²) in [4.78, 5) is 1.18. The summed E-state index contributed by atoms with van der Waals surface area (Å²) in [5, 5.41) is 2.07. The summed E-state index contributed by atoms with van der Waals surface area (Å²) in [7, 11) is 3.36. The number of thiophene rings is 1. The first-order valence-electron chi connectivity index (χ1n) is 7.35. The van der Waals surface area contributed by atoms with Crippen LogP contribution in [0.1, 0.15) is 11.1 Å². The van der Waals surface area contributed by atoms with Crippen molar-refractivity contribution in [3.63, 3.8) is 0 Å². The Balaban J connectivity index is 2.11. The summed E-state index contributed by atoms with van der Waals surface area (Å²) in [6, 6.07) is 18.4. The predicted molar refractivity (Wildman–Crippen MR) is 98.2 cm³/mol. The van der Waals surface area contributed by atoms with Crippen molar-refractivity contribution in [1.29, 1.82) is 0 Å². The standard InChI is InChI=1S/C20H18O2S/c1-21-17-13-16(11-10-15-7-4-3-5-8-15)20(18(14-17)22-2)19-9-6-12-23-19/h3-14H,1-2H3. The Morgan fingerprint density at radius 2 is 1.70 bits per heavy atom. The van der Waals surface area contributed by atoms with Gasteiger partial charge in [-0.15, -0.1) is 11.3 Å². The summed E-state index contributed by atoms with van der Waals surface area (Å²) in [5.74, 6) is 1.61. The third kappa shape index (κ3) is 3.46. The Kier molecular flexibility index (Phi) is 4.79. The van der Waals surface area contributed by atoms with Gasteiger partial charge in [-0.2, -0.15) is 0 Å². The van der Waals surface area contributed by atoms with Crippen LogP contribution in [0.4, 0.5) is 0 Å². The van der Waals surface area contributed by atoms with E-state index in [9.17, 15) is 0 Å². The van der Waals surface area contributed by atoms with Crippen molar-refractivity contribution >= 4 is 23.5 Å². The lowest BCUT2D eigenvalue weighted by molar-refractivity contribution is 0.395. The van der Waals surface area contributed by atoms with E-state index in [4.69, 9.17) is 9.47 Å². The van der Waals surface area contributed by atoms with Crippen molar-refractivity contribution in [2.75, 3.05) is 14.2 Å². The first-order valence-corrected chi connectivity index (χ1v) is 8.23. The molecule has 3 rings (SSSR count). The predicted octanol–water partition coefficient (Wildman–Crippen LogP) is 5.60. The van der Waals surface area contributed by atoms with Crippen molar-refractivity contribution in [2.24, 2.45) is 0 Å². The lowest BCUT2D eigenvalue weighted by Crippen LogP contribution is -1.93. The number of hydrogen-bond donors (Lipinski definition) is 0. The van der Waals surface area contributed by atoms with Crippen LogP contribution >= 0.6 is 11.3 Å². The molecule has 0 saturated carbocycles. The Morgan fingerprint density at radius 3 is 2.35 bits per heavy atom. The van der Waals surface area contributed by atoms with Gasteiger partial charge in [-0.1, -0.05) is 48.6 Å². The second-order valence-corrected chi connectivity index (χ2v) is 5.96. The monoisotopic (exact) mass is 322 g/mol. The van der Waals surface area contributed by atoms with Crippen molar-refractivity contribution in [3.05, 3.63) is 71.1 Å². The second kappa shape index (κ2) is 7.16. The molecule has 1 heterocycles. The molecule has 1 aromatic heterocycles. The molecule has 0 aliphatic rings. The van der Waals surface area contributed by atoms with Gasteiger partial charge in [0.05, 0.1) is 14.2 Å². The van der Waals surface area contributed by atoms with Crippen LogP contribution in [0.2, 0.25) is 0 Å². The third-order valence-corrected chi connectivity index (χ3v) is 4.47. The lowest BCUT2D eigenvalue weighted by Gasteiger charge is -2.13. The van der Waals surface area contributed by atoms with Crippen LogP contribution in [0.5, 0.6) is 11.5 Å². The molecule has 0 unspecified atom stereocenters. The van der Waals surface area contributed by atoms with E-state index < -0.39 is 0 Å². The summed E-state index contributed by atoms with van der Waals surface area (Å²) >= 11 is 1.70. The molecule has 0 amide bonds. The minimum atomic E-state index is 0.787. The number of hydrogen-bond acceptors (Lipinski definition) is 3. The van der Waals surface area contributed by atoms with Crippen molar-refractivity contribution in [2.45, 2.75) is 0 Å². The van der Waals surface area contributed by atoms with E-state index in [2.05, 4.69) is 35.7 Å². The molecule has 23 heavy (non-hydrogen) atoms. The molecule has 0 saturated heterocycles. The van der Waals surface area contributed by atoms with E-state index >= 15 is 0 Å². The largest absolute Gasteiger partial charge is 0.497 e. The van der Waals surface area contributed by atoms with Gasteiger partial charge in [0.2, 0.25) is 0 Å². The van der Waals surface area contributed by atoms with Gasteiger partial charge < -0.3 is 9.47 Å². The smallest absolute Gasteiger partial charge is 0.131 e. The van der Waals surface area contributed by atoms with E-state index in [-0.39, 0.29) is 0 Å². The minimum absolute atomic E-state index is 0.787. The van der Waals surface area contributed by atoms with Gasteiger partial charge >= 0.3 is 0 Å². The van der Waals surface area contributed by atoms with E-state index in [0.29, 0.717) is 0 Å². The number of benzene rings is 2. The molecule has 116 valence electrons. The molecule has 3 heteroatoms. The summed E-state index contributed by atoms with van der Waals surface area (Å²) in [5.41, 5.74) is 3.33. The van der Waals surface area contributed by atoms with Crippen LogP contribution in [-0.2, 0) is 0 Å². The van der Waals surface area contributed by atoms with Gasteiger partial charge in [0.15, 0.2) is 0 Å². The molecule has 0 fully saturated rings. The summed E-state index contributed by atoms with van der Waals surface area (Å²) in [6.07, 6.45) is 4.21. The Labute approximate surface area is 140 Å². The average molecular weight is 322 g/mol. The Morgan fingerprint density at radius 1 is 0.870 bits per heavy atom. The number of methoxy groups -OCH3 is 2. The topological polar surface area (TPSA) is 18.5 Å². The highest BCUT2D eigenvalue weighted by atomic mass is 32.1. The number of ether oxygens (including phenoxy) is 2. The van der Waals surface area contributed by atoms with Gasteiger partial charge in [-0.3, -0.25) is 0 Å². The van der Waals surface area contributed by atoms with Crippen LogP contribution in [0.25, 0.3) is 22.6 Å². The van der Waals surface area contributed by atoms with Crippen LogP contribution in [-0.4, -0.2) is 14.2 Å². The molecule has 0 N–H and O–H groups in total. The average Bonchev–Trinajstić information content (AvgIpc) is 3.14. The molecule has 0 aliphatic carbocycles. The van der Waals surface area contributed by atoms with Crippen molar-refractivity contribution in [3.8, 4) is 21.9 Å². The summed E-state index contributed by atoms with van der Waals surface area (Å²) < 4.78 is 11.0. The fraction of sp³-hybridized carbons (Fsp3) is 0.100. The summed E-state index contributed by atoms with van der Waals surface area (Å²) in [6.45, 7) is 0. The Bertz CT molecular complexity index is 790. The van der Waals surface area contributed by atoms with Crippen molar-refractivity contribution < 1.29 is 9.47 Å². The maximum atomic E-state index is 5.60. The molecule has 0 radical (unpaired) electrons. The number of rotatable bonds is 5. The van der Waals surface area contributed by atoms with Crippen LogP contribution in [0.15, 0.2) is 60.0 Å². The van der Waals surface area contributed by atoms with Gasteiger partial charge in [-0.25, -0.2) is 0 Å². The maximum Gasteiger partial charge on any atom is 0.131 e. The molecule has 2 aromatic carbocycles. The first kappa shape index (κ1) is 15.4. The van der Waals surface area contributed by atoms with Crippen molar-refractivity contribution in [1.82, 2.24) is 0 Å². The maximum absolute atomic E-state index is 5.60. The van der Waals surface area contributed by atoms with Gasteiger partial charge in [0.1, 0.15) is 11.5 Å². The first-order chi connectivity index (χ1) is 11.3. The molecule has 3 aromatic rings. The minimum Gasteiger partial charge on any atom is -0.497 e. The van der Waals surface area contributed by atoms with Crippen LogP contribution < -0.4 is 9.47 Å². The molecule has 0 bridgehead atoms. The second-order valence-electron chi connectivity index (χ2n) is 5.02. The van der Waals surface area contributed by atoms with E-state index in [0.717, 1.165) is 28.2 Å². The van der Waals surface area contributed by atoms with Gasteiger partial charge in [0.25, 0.3) is 0 Å². The molecule has 0 atom stereocenters. The fourth-order valence-electron chi connectivity index (χ4n) is 2.46. The highest BCUT2D eigenvalue weighted by molar-refractivity contribution is 7.13. The molecule has 0 aliphatic heterocycles. The molecular formula is C20H18O2S. The zero-order valence-corrected chi connectivity index (χ0v) is 14.0.